The number of halogens is 2. The first-order chi connectivity index (χ1) is 16.3. The topological polar surface area (TPSA) is 83.8 Å². The summed E-state index contributed by atoms with van der Waals surface area (Å²) < 4.78 is 13.3. The van der Waals surface area contributed by atoms with Crippen LogP contribution in [-0.4, -0.2) is 39.1 Å². The molecule has 1 heterocycles. The molecule has 10 heteroatoms. The number of carbonyl (C=O) groups is 2. The molecule has 34 heavy (non-hydrogen) atoms. The van der Waals surface area contributed by atoms with Gasteiger partial charge < -0.3 is 9.80 Å². The molecule has 0 aliphatic heterocycles. The molecule has 0 unspecified atom stereocenters. The summed E-state index contributed by atoms with van der Waals surface area (Å²) in [5, 5.41) is 12.9. The molecule has 1 aliphatic rings. The number of nitrogens with zero attached hydrogens (tertiary/aromatic N) is 3. The van der Waals surface area contributed by atoms with E-state index in [4.69, 9.17) is 11.6 Å². The second-order valence-electron chi connectivity index (χ2n) is 8.04. The standard InChI is InChI=1S/C24H21ClFN3O4S/c25-22-12-19(29(32)33)9-10-21(22)24(31)28(18-7-8-18)15-23(30)27(14-20-2-1-11-34-20)13-16-3-5-17(26)6-4-16/h1-6,9-12,18H,7-8,13-15H2. The maximum atomic E-state index is 13.4. The van der Waals surface area contributed by atoms with Crippen molar-refractivity contribution in [2.24, 2.45) is 0 Å². The minimum absolute atomic E-state index is 0.0287. The molecule has 7 nitrogen and oxygen atoms in total. The number of non-ortho nitro benzene ring substituents is 1. The van der Waals surface area contributed by atoms with Crippen molar-refractivity contribution in [3.63, 3.8) is 0 Å². The van der Waals surface area contributed by atoms with Crippen molar-refractivity contribution in [1.82, 2.24) is 9.80 Å². The van der Waals surface area contributed by atoms with Gasteiger partial charge in [0.05, 0.1) is 22.1 Å². The van der Waals surface area contributed by atoms with Crippen LogP contribution in [0.15, 0.2) is 60.0 Å². The first kappa shape index (κ1) is 23.8. The SMILES string of the molecule is O=C(CN(C(=O)c1ccc([N+](=O)[O-])cc1Cl)C1CC1)N(Cc1ccc(F)cc1)Cc1cccs1. The van der Waals surface area contributed by atoms with Gasteiger partial charge in [0.1, 0.15) is 12.4 Å². The van der Waals surface area contributed by atoms with Crippen LogP contribution in [0.5, 0.6) is 0 Å². The van der Waals surface area contributed by atoms with Gasteiger partial charge in [0.2, 0.25) is 5.91 Å². The molecule has 176 valence electrons. The fourth-order valence-electron chi connectivity index (χ4n) is 3.58. The summed E-state index contributed by atoms with van der Waals surface area (Å²) in [6, 6.07) is 13.4. The van der Waals surface area contributed by atoms with E-state index in [0.717, 1.165) is 29.3 Å². The summed E-state index contributed by atoms with van der Waals surface area (Å²) >= 11 is 7.70. The Morgan fingerprint density at radius 2 is 1.85 bits per heavy atom. The lowest BCUT2D eigenvalue weighted by atomic mass is 10.1. The number of amides is 2. The van der Waals surface area contributed by atoms with Gasteiger partial charge in [-0.05, 0) is 48.1 Å². The highest BCUT2D eigenvalue weighted by Gasteiger charge is 2.36. The Morgan fingerprint density at radius 3 is 2.44 bits per heavy atom. The van der Waals surface area contributed by atoms with Crippen molar-refractivity contribution in [2.45, 2.75) is 32.0 Å². The molecule has 0 N–H and O–H groups in total. The molecule has 0 bridgehead atoms. The lowest BCUT2D eigenvalue weighted by Crippen LogP contribution is -2.43. The largest absolute Gasteiger partial charge is 0.332 e. The van der Waals surface area contributed by atoms with Crippen molar-refractivity contribution in [3.8, 4) is 0 Å². The lowest BCUT2D eigenvalue weighted by Gasteiger charge is -2.28. The number of carbonyl (C=O) groups excluding carboxylic acids is 2. The van der Waals surface area contributed by atoms with Gasteiger partial charge in [0.15, 0.2) is 0 Å². The Bertz CT molecular complexity index is 1200. The number of nitro benzene ring substituents is 1. The molecule has 0 spiro atoms. The van der Waals surface area contributed by atoms with Crippen molar-refractivity contribution in [1.29, 1.82) is 0 Å². The molecule has 1 saturated carbocycles. The third kappa shape index (κ3) is 5.78. The molecule has 4 rings (SSSR count). The predicted molar refractivity (Wildman–Crippen MR) is 127 cm³/mol. The number of nitro groups is 1. The molecule has 1 aromatic heterocycles. The van der Waals surface area contributed by atoms with Crippen molar-refractivity contribution < 1.29 is 18.9 Å². The fourth-order valence-corrected chi connectivity index (χ4v) is 4.55. The smallest absolute Gasteiger partial charge is 0.270 e. The zero-order chi connectivity index (χ0) is 24.2. The van der Waals surface area contributed by atoms with Crippen LogP contribution in [0.1, 0.15) is 33.6 Å². The maximum Gasteiger partial charge on any atom is 0.270 e. The summed E-state index contributed by atoms with van der Waals surface area (Å²) in [5.74, 6) is -1.05. The highest BCUT2D eigenvalue weighted by atomic mass is 35.5. The third-order valence-corrected chi connectivity index (χ3v) is 6.69. The van der Waals surface area contributed by atoms with Gasteiger partial charge in [-0.1, -0.05) is 29.8 Å². The van der Waals surface area contributed by atoms with E-state index in [-0.39, 0.29) is 47.1 Å². The molecule has 2 aromatic carbocycles. The van der Waals surface area contributed by atoms with Gasteiger partial charge in [-0.25, -0.2) is 4.39 Å². The molecular weight excluding hydrogens is 481 g/mol. The van der Waals surface area contributed by atoms with Crippen LogP contribution in [-0.2, 0) is 17.9 Å². The van der Waals surface area contributed by atoms with Crippen molar-refractivity contribution >= 4 is 40.4 Å². The summed E-state index contributed by atoms with van der Waals surface area (Å²) in [6.45, 7) is 0.476. The summed E-state index contributed by atoms with van der Waals surface area (Å²) in [6.07, 6.45) is 1.54. The highest BCUT2D eigenvalue weighted by Crippen LogP contribution is 2.31. The minimum atomic E-state index is -0.583. The van der Waals surface area contributed by atoms with Crippen LogP contribution in [0.4, 0.5) is 10.1 Å². The van der Waals surface area contributed by atoms with Gasteiger partial charge >= 0.3 is 0 Å². The zero-order valence-electron chi connectivity index (χ0n) is 18.0. The highest BCUT2D eigenvalue weighted by molar-refractivity contribution is 7.09. The average molecular weight is 502 g/mol. The van der Waals surface area contributed by atoms with Crippen LogP contribution in [0.25, 0.3) is 0 Å². The monoisotopic (exact) mass is 501 g/mol. The maximum absolute atomic E-state index is 13.4. The van der Waals surface area contributed by atoms with Gasteiger partial charge in [-0.2, -0.15) is 0 Å². The van der Waals surface area contributed by atoms with Gasteiger partial charge in [0, 0.05) is 29.6 Å². The van der Waals surface area contributed by atoms with E-state index in [2.05, 4.69) is 0 Å². The Hall–Kier alpha value is -3.30. The van der Waals surface area contributed by atoms with Gasteiger partial charge in [-0.3, -0.25) is 19.7 Å². The second kappa shape index (κ2) is 10.3. The zero-order valence-corrected chi connectivity index (χ0v) is 19.6. The summed E-state index contributed by atoms with van der Waals surface area (Å²) in [4.78, 5) is 41.2. The average Bonchev–Trinajstić information content (AvgIpc) is 3.53. The summed E-state index contributed by atoms with van der Waals surface area (Å²) in [7, 11) is 0. The third-order valence-electron chi connectivity index (χ3n) is 5.51. The normalized spacial score (nSPS) is 12.9. The minimum Gasteiger partial charge on any atom is -0.332 e. The summed E-state index contributed by atoms with van der Waals surface area (Å²) in [5.41, 5.74) is 0.682. The molecule has 2 amide bonds. The molecule has 3 aromatic rings. The van der Waals surface area contributed by atoms with E-state index in [1.54, 1.807) is 17.0 Å². The molecule has 0 saturated heterocycles. The quantitative estimate of drug-likeness (QED) is 0.295. The molecule has 1 aliphatic carbocycles. The second-order valence-corrected chi connectivity index (χ2v) is 9.48. The molecule has 0 atom stereocenters. The molecule has 1 fully saturated rings. The van der Waals surface area contributed by atoms with Crippen molar-refractivity contribution in [3.05, 3.63) is 96.9 Å². The van der Waals surface area contributed by atoms with E-state index < -0.39 is 10.8 Å². The molecule has 0 radical (unpaired) electrons. The lowest BCUT2D eigenvalue weighted by molar-refractivity contribution is -0.384. The molecular formula is C24H21ClFN3O4S. The number of rotatable bonds is 9. The van der Waals surface area contributed by atoms with Crippen LogP contribution in [0.2, 0.25) is 5.02 Å². The van der Waals surface area contributed by atoms with E-state index >= 15 is 0 Å². The van der Waals surface area contributed by atoms with Crippen LogP contribution in [0.3, 0.4) is 0 Å². The Labute approximate surface area is 204 Å². The number of thiophene rings is 1. The number of benzene rings is 2. The van der Waals surface area contributed by atoms with Gasteiger partial charge in [-0.15, -0.1) is 11.3 Å². The fraction of sp³-hybridized carbons (Fsp3) is 0.250. The predicted octanol–water partition coefficient (Wildman–Crippen LogP) is 5.28. The van der Waals surface area contributed by atoms with Gasteiger partial charge in [0.25, 0.3) is 11.6 Å². The first-order valence-electron chi connectivity index (χ1n) is 10.6. The van der Waals surface area contributed by atoms with E-state index in [1.807, 2.05) is 17.5 Å². The van der Waals surface area contributed by atoms with Crippen LogP contribution in [0, 0.1) is 15.9 Å². The van der Waals surface area contributed by atoms with Crippen LogP contribution >= 0.6 is 22.9 Å². The van der Waals surface area contributed by atoms with Crippen LogP contribution < -0.4 is 0 Å². The Morgan fingerprint density at radius 1 is 1.12 bits per heavy atom. The first-order valence-corrected chi connectivity index (χ1v) is 11.9. The van der Waals surface area contributed by atoms with E-state index in [0.29, 0.717) is 6.54 Å². The van der Waals surface area contributed by atoms with Crippen molar-refractivity contribution in [2.75, 3.05) is 6.54 Å². The van der Waals surface area contributed by atoms with E-state index in [1.165, 1.54) is 40.5 Å². The number of hydrogen-bond donors (Lipinski definition) is 0. The Kier molecular flexibility index (Phi) is 7.23. The Balaban J connectivity index is 1.54. The number of hydrogen-bond acceptors (Lipinski definition) is 5. The van der Waals surface area contributed by atoms with E-state index in [9.17, 15) is 24.1 Å².